The number of hydrogen-bond donors (Lipinski definition) is 1. The Kier molecular flexibility index (Phi) is 5.21. The van der Waals surface area contributed by atoms with Gasteiger partial charge in [0.25, 0.3) is 0 Å². The number of anilines is 1. The highest BCUT2D eigenvalue weighted by molar-refractivity contribution is 5.85. The number of para-hydroxylation sites is 2. The molecule has 4 nitrogen and oxygen atoms in total. The van der Waals surface area contributed by atoms with Crippen molar-refractivity contribution < 1.29 is 14.3 Å². The third-order valence-electron chi connectivity index (χ3n) is 3.05. The second-order valence-electron chi connectivity index (χ2n) is 4.69. The van der Waals surface area contributed by atoms with Gasteiger partial charge in [0.1, 0.15) is 19.0 Å². The second kappa shape index (κ2) is 7.33. The van der Waals surface area contributed by atoms with Gasteiger partial charge in [-0.2, -0.15) is 0 Å². The van der Waals surface area contributed by atoms with Crippen molar-refractivity contribution in [2.75, 3.05) is 18.5 Å². The van der Waals surface area contributed by atoms with Crippen molar-refractivity contribution in [3.8, 4) is 5.75 Å². The highest BCUT2D eigenvalue weighted by Gasteiger charge is 2.05. The van der Waals surface area contributed by atoms with Crippen LogP contribution in [0.4, 0.5) is 10.5 Å². The van der Waals surface area contributed by atoms with E-state index in [1.807, 2.05) is 62.4 Å². The Balaban J connectivity index is 1.73. The van der Waals surface area contributed by atoms with Gasteiger partial charge in [0.15, 0.2) is 0 Å². The van der Waals surface area contributed by atoms with Crippen LogP contribution in [-0.4, -0.2) is 19.3 Å². The first-order chi connectivity index (χ1) is 10.2. The summed E-state index contributed by atoms with van der Waals surface area (Å²) in [6.45, 7) is 4.43. The third-order valence-corrected chi connectivity index (χ3v) is 3.05. The zero-order valence-electron chi connectivity index (χ0n) is 12.3. The number of nitrogens with one attached hydrogen (secondary N) is 1. The summed E-state index contributed by atoms with van der Waals surface area (Å²) in [4.78, 5) is 11.7. The molecule has 110 valence electrons. The topological polar surface area (TPSA) is 47.6 Å². The predicted molar refractivity (Wildman–Crippen MR) is 82.8 cm³/mol. The molecule has 0 fully saturated rings. The highest BCUT2D eigenvalue weighted by atomic mass is 16.6. The number of hydrogen-bond acceptors (Lipinski definition) is 3. The summed E-state index contributed by atoms with van der Waals surface area (Å²) in [5.74, 6) is 0.806. The smallest absolute Gasteiger partial charge is 0.411 e. The van der Waals surface area contributed by atoms with Crippen LogP contribution in [0.3, 0.4) is 0 Å². The van der Waals surface area contributed by atoms with Crippen LogP contribution in [0.2, 0.25) is 0 Å². The first-order valence-corrected chi connectivity index (χ1v) is 6.84. The summed E-state index contributed by atoms with van der Waals surface area (Å²) < 4.78 is 10.6. The zero-order valence-corrected chi connectivity index (χ0v) is 12.3. The van der Waals surface area contributed by atoms with Crippen molar-refractivity contribution in [2.24, 2.45) is 0 Å². The molecule has 0 aliphatic rings. The summed E-state index contributed by atoms with van der Waals surface area (Å²) in [6, 6.07) is 15.3. The molecular formula is C17H19NO3. The molecule has 2 aromatic carbocycles. The molecule has 0 unspecified atom stereocenters. The molecule has 0 atom stereocenters. The Labute approximate surface area is 124 Å². The third kappa shape index (κ3) is 4.53. The van der Waals surface area contributed by atoms with E-state index in [0.29, 0.717) is 6.61 Å². The van der Waals surface area contributed by atoms with Gasteiger partial charge >= 0.3 is 6.09 Å². The van der Waals surface area contributed by atoms with Gasteiger partial charge in [-0.3, -0.25) is 5.32 Å². The molecule has 0 aromatic heterocycles. The highest BCUT2D eigenvalue weighted by Crippen LogP contribution is 2.16. The standard InChI is InChI=1S/C17H19NO3/c1-13-7-3-5-9-15(13)18-17(19)21-12-11-20-16-10-6-4-8-14(16)2/h3-10H,11-12H2,1-2H3,(H,18,19). The van der Waals surface area contributed by atoms with Crippen LogP contribution in [0, 0.1) is 13.8 Å². The fourth-order valence-corrected chi connectivity index (χ4v) is 1.86. The number of carbonyl (C=O) groups excluding carboxylic acids is 1. The molecule has 0 aliphatic carbocycles. The molecule has 0 heterocycles. The molecule has 4 heteroatoms. The fraction of sp³-hybridized carbons (Fsp3) is 0.235. The molecule has 0 bridgehead atoms. The van der Waals surface area contributed by atoms with Crippen molar-refractivity contribution in [1.29, 1.82) is 0 Å². The molecule has 0 radical (unpaired) electrons. The summed E-state index contributed by atoms with van der Waals surface area (Å²) in [5.41, 5.74) is 2.80. The molecule has 0 spiro atoms. The lowest BCUT2D eigenvalue weighted by molar-refractivity contribution is 0.137. The van der Waals surface area contributed by atoms with E-state index in [4.69, 9.17) is 9.47 Å². The van der Waals surface area contributed by atoms with Crippen LogP contribution < -0.4 is 10.1 Å². The second-order valence-corrected chi connectivity index (χ2v) is 4.69. The van der Waals surface area contributed by atoms with Crippen molar-refractivity contribution >= 4 is 11.8 Å². The average Bonchev–Trinajstić information content (AvgIpc) is 2.48. The van der Waals surface area contributed by atoms with Crippen molar-refractivity contribution in [3.05, 3.63) is 59.7 Å². The lowest BCUT2D eigenvalue weighted by atomic mass is 10.2. The Bertz CT molecular complexity index is 610. The first-order valence-electron chi connectivity index (χ1n) is 6.84. The Hall–Kier alpha value is -2.49. The van der Waals surface area contributed by atoms with Gasteiger partial charge in [0.2, 0.25) is 0 Å². The average molecular weight is 285 g/mol. The molecule has 0 saturated carbocycles. The number of rotatable bonds is 5. The maximum atomic E-state index is 11.7. The van der Waals surface area contributed by atoms with E-state index in [1.54, 1.807) is 0 Å². The summed E-state index contributed by atoms with van der Waals surface area (Å²) in [5, 5.41) is 2.70. The molecule has 2 rings (SSSR count). The van der Waals surface area contributed by atoms with E-state index in [1.165, 1.54) is 0 Å². The van der Waals surface area contributed by atoms with Gasteiger partial charge in [0.05, 0.1) is 0 Å². The zero-order chi connectivity index (χ0) is 15.1. The number of amides is 1. The summed E-state index contributed by atoms with van der Waals surface area (Å²) >= 11 is 0. The van der Waals surface area contributed by atoms with Gasteiger partial charge < -0.3 is 9.47 Å². The Morgan fingerprint density at radius 1 is 0.952 bits per heavy atom. The number of aryl methyl sites for hydroxylation is 2. The summed E-state index contributed by atoms with van der Waals surface area (Å²) in [6.07, 6.45) is -0.474. The van der Waals surface area contributed by atoms with Gasteiger partial charge in [-0.15, -0.1) is 0 Å². The monoisotopic (exact) mass is 285 g/mol. The molecule has 1 N–H and O–H groups in total. The molecule has 21 heavy (non-hydrogen) atoms. The largest absolute Gasteiger partial charge is 0.490 e. The Morgan fingerprint density at radius 2 is 1.62 bits per heavy atom. The van der Waals surface area contributed by atoms with E-state index < -0.39 is 6.09 Å². The number of ether oxygens (including phenoxy) is 2. The van der Waals surface area contributed by atoms with E-state index >= 15 is 0 Å². The van der Waals surface area contributed by atoms with E-state index in [9.17, 15) is 4.79 Å². The van der Waals surface area contributed by atoms with Crippen LogP contribution in [0.25, 0.3) is 0 Å². The van der Waals surface area contributed by atoms with Crippen molar-refractivity contribution in [2.45, 2.75) is 13.8 Å². The maximum absolute atomic E-state index is 11.7. The van der Waals surface area contributed by atoms with Crippen LogP contribution in [0.5, 0.6) is 5.75 Å². The molecule has 2 aromatic rings. The van der Waals surface area contributed by atoms with Crippen LogP contribution in [0.1, 0.15) is 11.1 Å². The van der Waals surface area contributed by atoms with Crippen molar-refractivity contribution in [1.82, 2.24) is 0 Å². The molecule has 1 amide bonds. The normalized spacial score (nSPS) is 10.0. The van der Waals surface area contributed by atoms with Gasteiger partial charge in [0, 0.05) is 5.69 Å². The minimum atomic E-state index is -0.474. The predicted octanol–water partition coefficient (Wildman–Crippen LogP) is 3.93. The minimum Gasteiger partial charge on any atom is -0.490 e. The van der Waals surface area contributed by atoms with Crippen LogP contribution in [0.15, 0.2) is 48.5 Å². The minimum absolute atomic E-state index is 0.200. The first kappa shape index (κ1) is 14.9. The number of carbonyl (C=O) groups is 1. The van der Waals surface area contributed by atoms with E-state index in [0.717, 1.165) is 22.6 Å². The SMILES string of the molecule is Cc1ccccc1NC(=O)OCCOc1ccccc1C. The summed E-state index contributed by atoms with van der Waals surface area (Å²) in [7, 11) is 0. The molecule has 0 aliphatic heterocycles. The van der Waals surface area contributed by atoms with Crippen LogP contribution >= 0.6 is 0 Å². The van der Waals surface area contributed by atoms with Gasteiger partial charge in [-0.1, -0.05) is 36.4 Å². The van der Waals surface area contributed by atoms with Gasteiger partial charge in [-0.05, 0) is 37.1 Å². The van der Waals surface area contributed by atoms with Crippen molar-refractivity contribution in [3.63, 3.8) is 0 Å². The lowest BCUT2D eigenvalue weighted by Crippen LogP contribution is -2.18. The van der Waals surface area contributed by atoms with Gasteiger partial charge in [-0.25, -0.2) is 4.79 Å². The molecule has 0 saturated heterocycles. The fourth-order valence-electron chi connectivity index (χ4n) is 1.86. The lowest BCUT2D eigenvalue weighted by Gasteiger charge is -2.11. The van der Waals surface area contributed by atoms with Crippen LogP contribution in [-0.2, 0) is 4.74 Å². The van der Waals surface area contributed by atoms with E-state index in [-0.39, 0.29) is 6.61 Å². The molecular weight excluding hydrogens is 266 g/mol. The number of benzene rings is 2. The quantitative estimate of drug-likeness (QED) is 0.847. The maximum Gasteiger partial charge on any atom is 0.411 e. The van der Waals surface area contributed by atoms with E-state index in [2.05, 4.69) is 5.32 Å². The Morgan fingerprint density at radius 3 is 2.33 bits per heavy atom.